The SMILES string of the molecule is CC1=C/C(=N\N=C2\NC(=O)C(CC(=O)Nc3ccccc3C)S2)CC(C)(C)C1. The molecule has 1 heterocycles. The largest absolute Gasteiger partial charge is 0.326 e. The third-order valence-electron chi connectivity index (χ3n) is 4.67. The molecule has 6 nitrogen and oxygen atoms in total. The highest BCUT2D eigenvalue weighted by Crippen LogP contribution is 2.34. The van der Waals surface area contributed by atoms with Crippen molar-refractivity contribution in [1.82, 2.24) is 5.32 Å². The van der Waals surface area contributed by atoms with Crippen LogP contribution in [0.4, 0.5) is 5.69 Å². The molecule has 1 aliphatic carbocycles. The smallest absolute Gasteiger partial charge is 0.240 e. The predicted octanol–water partition coefficient (Wildman–Crippen LogP) is 4.03. The molecule has 3 rings (SSSR count). The summed E-state index contributed by atoms with van der Waals surface area (Å²) in [5.41, 5.74) is 4.11. The monoisotopic (exact) mass is 398 g/mol. The van der Waals surface area contributed by atoms with Gasteiger partial charge < -0.3 is 10.6 Å². The molecule has 1 aromatic carbocycles. The Kier molecular flexibility index (Phi) is 6.03. The van der Waals surface area contributed by atoms with Crippen molar-refractivity contribution < 1.29 is 9.59 Å². The molecule has 1 aliphatic heterocycles. The van der Waals surface area contributed by atoms with E-state index in [9.17, 15) is 9.59 Å². The van der Waals surface area contributed by atoms with Gasteiger partial charge in [0.05, 0.1) is 5.71 Å². The average Bonchev–Trinajstić information content (AvgIpc) is 2.93. The van der Waals surface area contributed by atoms with Crippen LogP contribution in [0.15, 0.2) is 46.1 Å². The second kappa shape index (κ2) is 8.31. The number of allylic oxidation sites excluding steroid dienone is 2. The lowest BCUT2D eigenvalue weighted by atomic mass is 9.77. The van der Waals surface area contributed by atoms with Crippen molar-refractivity contribution in [3.8, 4) is 0 Å². The topological polar surface area (TPSA) is 82.9 Å². The third kappa shape index (κ3) is 5.32. The molecule has 1 atom stereocenters. The van der Waals surface area contributed by atoms with Crippen molar-refractivity contribution in [2.45, 2.75) is 52.2 Å². The van der Waals surface area contributed by atoms with Gasteiger partial charge in [0, 0.05) is 12.1 Å². The molecule has 148 valence electrons. The number of hydrogen-bond acceptors (Lipinski definition) is 5. The molecule has 2 N–H and O–H groups in total. The molecule has 0 spiro atoms. The Morgan fingerprint density at radius 2 is 2.00 bits per heavy atom. The van der Waals surface area contributed by atoms with E-state index in [2.05, 4.69) is 47.7 Å². The first-order valence-electron chi connectivity index (χ1n) is 9.36. The van der Waals surface area contributed by atoms with Gasteiger partial charge >= 0.3 is 0 Å². The summed E-state index contributed by atoms with van der Waals surface area (Å²) < 4.78 is 0. The van der Waals surface area contributed by atoms with Crippen molar-refractivity contribution in [2.24, 2.45) is 15.6 Å². The molecule has 1 aromatic rings. The summed E-state index contributed by atoms with van der Waals surface area (Å²) in [6.07, 6.45) is 4.05. The number of carbonyl (C=O) groups excluding carboxylic acids is 2. The minimum Gasteiger partial charge on any atom is -0.326 e. The molecule has 28 heavy (non-hydrogen) atoms. The summed E-state index contributed by atoms with van der Waals surface area (Å²) >= 11 is 1.25. The van der Waals surface area contributed by atoms with Gasteiger partial charge in [-0.05, 0) is 49.8 Å². The summed E-state index contributed by atoms with van der Waals surface area (Å²) in [6, 6.07) is 7.56. The van der Waals surface area contributed by atoms with Gasteiger partial charge in [-0.1, -0.05) is 49.4 Å². The fraction of sp³-hybridized carbons (Fsp3) is 0.429. The molecular weight excluding hydrogens is 372 g/mol. The third-order valence-corrected chi connectivity index (χ3v) is 5.74. The first-order valence-corrected chi connectivity index (χ1v) is 10.2. The number of amidine groups is 1. The first-order chi connectivity index (χ1) is 13.2. The Bertz CT molecular complexity index is 886. The predicted molar refractivity (Wildman–Crippen MR) is 116 cm³/mol. The lowest BCUT2D eigenvalue weighted by molar-refractivity contribution is -0.122. The zero-order chi connectivity index (χ0) is 20.3. The summed E-state index contributed by atoms with van der Waals surface area (Å²) in [5.74, 6) is -0.401. The fourth-order valence-electron chi connectivity index (χ4n) is 3.54. The minimum absolute atomic E-state index is 0.0897. The Hall–Kier alpha value is -2.41. The standard InChI is InChI=1S/C21H26N4O2S/c1-13-9-15(12-21(3,4)11-13)24-25-20-23-19(27)17(28-20)10-18(26)22-16-8-6-5-7-14(16)2/h5-9,17H,10-12H2,1-4H3,(H,22,26)(H,23,25,27)/b24-15+. The first kappa shape index (κ1) is 20.3. The van der Waals surface area contributed by atoms with Crippen LogP contribution in [0, 0.1) is 12.3 Å². The number of nitrogens with one attached hydrogen (secondary N) is 2. The maximum Gasteiger partial charge on any atom is 0.240 e. The summed E-state index contributed by atoms with van der Waals surface area (Å²) in [7, 11) is 0. The van der Waals surface area contributed by atoms with Gasteiger partial charge in [0.2, 0.25) is 11.8 Å². The number of carbonyl (C=O) groups is 2. The van der Waals surface area contributed by atoms with Crippen molar-refractivity contribution >= 4 is 40.1 Å². The Labute approximate surface area is 170 Å². The van der Waals surface area contributed by atoms with Crippen LogP contribution in [0.3, 0.4) is 0 Å². The van der Waals surface area contributed by atoms with E-state index in [1.165, 1.54) is 17.3 Å². The number of amides is 2. The molecule has 1 fully saturated rings. The van der Waals surface area contributed by atoms with Crippen molar-refractivity contribution in [2.75, 3.05) is 5.32 Å². The van der Waals surface area contributed by atoms with Gasteiger partial charge in [-0.3, -0.25) is 9.59 Å². The maximum absolute atomic E-state index is 12.3. The second-order valence-corrected chi connectivity index (χ2v) is 9.36. The van der Waals surface area contributed by atoms with E-state index in [4.69, 9.17) is 0 Å². The molecule has 1 saturated heterocycles. The van der Waals surface area contributed by atoms with Crippen LogP contribution in [0.1, 0.15) is 45.6 Å². The quantitative estimate of drug-likeness (QED) is 0.751. The van der Waals surface area contributed by atoms with Crippen molar-refractivity contribution in [3.63, 3.8) is 0 Å². The zero-order valence-electron chi connectivity index (χ0n) is 16.7. The van der Waals surface area contributed by atoms with E-state index in [0.717, 1.165) is 29.8 Å². The Morgan fingerprint density at radius 3 is 2.71 bits per heavy atom. The number of para-hydroxylation sites is 1. The molecule has 2 amide bonds. The fourth-order valence-corrected chi connectivity index (χ4v) is 4.45. The van der Waals surface area contributed by atoms with E-state index in [0.29, 0.717) is 5.17 Å². The normalized spacial score (nSPS) is 24.2. The van der Waals surface area contributed by atoms with E-state index in [-0.39, 0.29) is 23.7 Å². The van der Waals surface area contributed by atoms with Gasteiger partial charge in [-0.15, -0.1) is 5.10 Å². The number of aryl methyl sites for hydroxylation is 1. The van der Waals surface area contributed by atoms with Gasteiger partial charge in [-0.25, -0.2) is 0 Å². The Balaban J connectivity index is 1.61. The van der Waals surface area contributed by atoms with Crippen LogP contribution in [-0.2, 0) is 9.59 Å². The van der Waals surface area contributed by atoms with Gasteiger partial charge in [0.1, 0.15) is 5.25 Å². The molecular formula is C21H26N4O2S. The number of anilines is 1. The van der Waals surface area contributed by atoms with Crippen molar-refractivity contribution in [1.29, 1.82) is 0 Å². The highest BCUT2D eigenvalue weighted by molar-refractivity contribution is 8.15. The van der Waals surface area contributed by atoms with Crippen LogP contribution >= 0.6 is 11.8 Å². The van der Waals surface area contributed by atoms with Crippen LogP contribution in [0.5, 0.6) is 0 Å². The van der Waals surface area contributed by atoms with Crippen LogP contribution in [0.2, 0.25) is 0 Å². The Morgan fingerprint density at radius 1 is 1.25 bits per heavy atom. The average molecular weight is 399 g/mol. The number of nitrogens with zero attached hydrogens (tertiary/aromatic N) is 2. The van der Waals surface area contributed by atoms with Gasteiger partial charge in [-0.2, -0.15) is 5.10 Å². The van der Waals surface area contributed by atoms with Crippen LogP contribution in [-0.4, -0.2) is 27.9 Å². The molecule has 0 saturated carbocycles. The van der Waals surface area contributed by atoms with Gasteiger partial charge in [0.25, 0.3) is 0 Å². The van der Waals surface area contributed by atoms with Crippen LogP contribution in [0.25, 0.3) is 0 Å². The van der Waals surface area contributed by atoms with E-state index in [1.54, 1.807) is 0 Å². The lowest BCUT2D eigenvalue weighted by Gasteiger charge is -2.28. The molecule has 2 aliphatic rings. The van der Waals surface area contributed by atoms with Gasteiger partial charge in [0.15, 0.2) is 5.17 Å². The molecule has 0 aromatic heterocycles. The maximum atomic E-state index is 12.3. The highest BCUT2D eigenvalue weighted by Gasteiger charge is 2.32. The summed E-state index contributed by atoms with van der Waals surface area (Å²) in [5, 5.41) is 14.1. The van der Waals surface area contributed by atoms with E-state index < -0.39 is 5.25 Å². The molecule has 0 bridgehead atoms. The lowest BCUT2D eigenvalue weighted by Crippen LogP contribution is -2.28. The zero-order valence-corrected chi connectivity index (χ0v) is 17.5. The number of rotatable bonds is 4. The highest BCUT2D eigenvalue weighted by atomic mass is 32.2. The summed E-state index contributed by atoms with van der Waals surface area (Å²) in [6.45, 7) is 8.45. The molecule has 1 unspecified atom stereocenters. The number of benzene rings is 1. The van der Waals surface area contributed by atoms with E-state index in [1.807, 2.05) is 31.2 Å². The van der Waals surface area contributed by atoms with Crippen molar-refractivity contribution in [3.05, 3.63) is 41.5 Å². The molecule has 7 heteroatoms. The summed E-state index contributed by atoms with van der Waals surface area (Å²) in [4.78, 5) is 24.5. The van der Waals surface area contributed by atoms with Crippen LogP contribution < -0.4 is 10.6 Å². The number of thioether (sulfide) groups is 1. The molecule has 0 radical (unpaired) electrons. The van der Waals surface area contributed by atoms with E-state index >= 15 is 0 Å². The second-order valence-electron chi connectivity index (χ2n) is 8.17. The number of hydrogen-bond donors (Lipinski definition) is 2. The minimum atomic E-state index is -0.497.